The molecule has 0 amide bonds. The monoisotopic (exact) mass is 199 g/mol. The van der Waals surface area contributed by atoms with Crippen molar-refractivity contribution in [2.75, 3.05) is 13.7 Å². The molecule has 1 atom stereocenters. The van der Waals surface area contributed by atoms with Gasteiger partial charge in [0.1, 0.15) is 5.82 Å². The highest BCUT2D eigenvalue weighted by atomic mass is 19.1. The van der Waals surface area contributed by atoms with Crippen molar-refractivity contribution in [3.63, 3.8) is 0 Å². The molecule has 0 aliphatic rings. The van der Waals surface area contributed by atoms with Gasteiger partial charge in [0.05, 0.1) is 19.3 Å². The van der Waals surface area contributed by atoms with E-state index in [1.54, 1.807) is 6.07 Å². The smallest absolute Gasteiger partial charge is 0.128 e. The molecule has 0 radical (unpaired) electrons. The minimum absolute atomic E-state index is 0.118. The Hall–Kier alpha value is -0.970. The van der Waals surface area contributed by atoms with Gasteiger partial charge in [-0.15, -0.1) is 0 Å². The third-order valence-corrected chi connectivity index (χ3v) is 1.99. The number of rotatable bonds is 4. The lowest BCUT2D eigenvalue weighted by atomic mass is 10.0. The first-order chi connectivity index (χ1) is 6.69. The van der Waals surface area contributed by atoms with Crippen LogP contribution in [0.5, 0.6) is 0 Å². The second-order valence-corrected chi connectivity index (χ2v) is 3.08. The van der Waals surface area contributed by atoms with Gasteiger partial charge in [0, 0.05) is 12.7 Å². The summed E-state index contributed by atoms with van der Waals surface area (Å²) in [5.41, 5.74) is 6.70. The summed E-state index contributed by atoms with van der Waals surface area (Å²) in [6.45, 7) is 0.138. The predicted molar refractivity (Wildman–Crippen MR) is 51.1 cm³/mol. The van der Waals surface area contributed by atoms with Gasteiger partial charge in [-0.2, -0.15) is 0 Å². The average molecular weight is 199 g/mol. The first kappa shape index (κ1) is 11.1. The van der Waals surface area contributed by atoms with Crippen LogP contribution in [0.3, 0.4) is 0 Å². The molecular weight excluding hydrogens is 185 g/mol. The molecule has 3 nitrogen and oxygen atoms in total. The number of aliphatic hydroxyl groups is 1. The van der Waals surface area contributed by atoms with E-state index < -0.39 is 6.04 Å². The molecule has 4 heteroatoms. The SMILES string of the molecule is COC[C@H](N)c1cc(CO)ccc1F. The van der Waals surface area contributed by atoms with Gasteiger partial charge < -0.3 is 15.6 Å². The summed E-state index contributed by atoms with van der Waals surface area (Å²) in [7, 11) is 1.51. The molecule has 0 spiro atoms. The van der Waals surface area contributed by atoms with Gasteiger partial charge in [0.2, 0.25) is 0 Å². The van der Waals surface area contributed by atoms with E-state index in [1.807, 2.05) is 0 Å². The maximum absolute atomic E-state index is 13.3. The van der Waals surface area contributed by atoms with Gasteiger partial charge in [0.15, 0.2) is 0 Å². The highest BCUT2D eigenvalue weighted by Gasteiger charge is 2.11. The lowest BCUT2D eigenvalue weighted by Gasteiger charge is -2.12. The average Bonchev–Trinajstić information content (AvgIpc) is 2.19. The van der Waals surface area contributed by atoms with Crippen LogP contribution in [0.25, 0.3) is 0 Å². The molecule has 1 aromatic carbocycles. The lowest BCUT2D eigenvalue weighted by Crippen LogP contribution is -2.17. The summed E-state index contributed by atoms with van der Waals surface area (Å²) >= 11 is 0. The van der Waals surface area contributed by atoms with Crippen LogP contribution in [0.1, 0.15) is 17.2 Å². The van der Waals surface area contributed by atoms with E-state index in [2.05, 4.69) is 0 Å². The molecule has 3 N–H and O–H groups in total. The normalized spacial score (nSPS) is 12.9. The Morgan fingerprint density at radius 3 is 2.86 bits per heavy atom. The van der Waals surface area contributed by atoms with Crippen LogP contribution in [0.15, 0.2) is 18.2 Å². The number of methoxy groups -OCH3 is 1. The standard InChI is InChI=1S/C10H14FNO2/c1-14-6-10(12)8-4-7(5-13)2-3-9(8)11/h2-4,10,13H,5-6,12H2,1H3/t10-/m0/s1. The van der Waals surface area contributed by atoms with E-state index in [1.165, 1.54) is 19.2 Å². The summed E-state index contributed by atoms with van der Waals surface area (Å²) in [4.78, 5) is 0. The number of hydrogen-bond acceptors (Lipinski definition) is 3. The van der Waals surface area contributed by atoms with Crippen molar-refractivity contribution in [1.29, 1.82) is 0 Å². The van der Waals surface area contributed by atoms with E-state index in [0.717, 1.165) is 0 Å². The summed E-state index contributed by atoms with van der Waals surface area (Å²) in [6.07, 6.45) is 0. The Morgan fingerprint density at radius 1 is 1.57 bits per heavy atom. The van der Waals surface area contributed by atoms with Gasteiger partial charge >= 0.3 is 0 Å². The van der Waals surface area contributed by atoms with E-state index in [9.17, 15) is 4.39 Å². The van der Waals surface area contributed by atoms with Crippen LogP contribution in [-0.2, 0) is 11.3 Å². The highest BCUT2D eigenvalue weighted by Crippen LogP contribution is 2.17. The third kappa shape index (κ3) is 2.51. The Labute approximate surface area is 82.3 Å². The van der Waals surface area contributed by atoms with Crippen molar-refractivity contribution < 1.29 is 14.2 Å². The number of halogens is 1. The molecule has 0 aromatic heterocycles. The van der Waals surface area contributed by atoms with Crippen LogP contribution in [0.4, 0.5) is 4.39 Å². The molecule has 0 saturated heterocycles. The maximum Gasteiger partial charge on any atom is 0.128 e. The van der Waals surface area contributed by atoms with Crippen molar-refractivity contribution in [3.05, 3.63) is 35.1 Å². The van der Waals surface area contributed by atoms with Gasteiger partial charge in [-0.3, -0.25) is 0 Å². The molecule has 0 saturated carbocycles. The van der Waals surface area contributed by atoms with Crippen molar-refractivity contribution in [1.82, 2.24) is 0 Å². The number of ether oxygens (including phenoxy) is 1. The fourth-order valence-corrected chi connectivity index (χ4v) is 1.25. The van der Waals surface area contributed by atoms with Crippen molar-refractivity contribution in [2.24, 2.45) is 5.73 Å². The zero-order valence-corrected chi connectivity index (χ0v) is 8.03. The Bertz CT molecular complexity index is 304. The Morgan fingerprint density at radius 2 is 2.29 bits per heavy atom. The number of nitrogens with two attached hydrogens (primary N) is 1. The van der Waals surface area contributed by atoms with Crippen LogP contribution < -0.4 is 5.73 Å². The van der Waals surface area contributed by atoms with Gasteiger partial charge in [-0.05, 0) is 17.7 Å². The molecule has 1 rings (SSSR count). The fourth-order valence-electron chi connectivity index (χ4n) is 1.25. The van der Waals surface area contributed by atoms with Gasteiger partial charge in [0.25, 0.3) is 0 Å². The molecule has 14 heavy (non-hydrogen) atoms. The number of aliphatic hydroxyl groups excluding tert-OH is 1. The zero-order valence-electron chi connectivity index (χ0n) is 8.03. The zero-order chi connectivity index (χ0) is 10.6. The Kier molecular flexibility index (Phi) is 4.00. The number of benzene rings is 1. The molecule has 0 heterocycles. The van der Waals surface area contributed by atoms with E-state index >= 15 is 0 Å². The summed E-state index contributed by atoms with van der Waals surface area (Å²) in [5.74, 6) is -0.369. The summed E-state index contributed by atoms with van der Waals surface area (Å²) in [6, 6.07) is 3.89. The fraction of sp³-hybridized carbons (Fsp3) is 0.400. The molecule has 78 valence electrons. The molecule has 0 bridgehead atoms. The van der Waals surface area contributed by atoms with Crippen LogP contribution in [0, 0.1) is 5.82 Å². The molecule has 0 aliphatic heterocycles. The topological polar surface area (TPSA) is 55.5 Å². The molecule has 1 aromatic rings. The Balaban J connectivity index is 2.93. The first-order valence-electron chi connectivity index (χ1n) is 4.32. The van der Waals surface area contributed by atoms with Crippen molar-refractivity contribution in [3.8, 4) is 0 Å². The minimum atomic E-state index is -0.494. The second-order valence-electron chi connectivity index (χ2n) is 3.08. The molecule has 0 aliphatic carbocycles. The number of hydrogen-bond donors (Lipinski definition) is 2. The third-order valence-electron chi connectivity index (χ3n) is 1.99. The molecule has 0 unspecified atom stereocenters. The van der Waals surface area contributed by atoms with Crippen molar-refractivity contribution >= 4 is 0 Å². The van der Waals surface area contributed by atoms with Crippen molar-refractivity contribution in [2.45, 2.75) is 12.6 Å². The van der Waals surface area contributed by atoms with E-state index in [0.29, 0.717) is 11.1 Å². The highest BCUT2D eigenvalue weighted by molar-refractivity contribution is 5.27. The van der Waals surface area contributed by atoms with Gasteiger partial charge in [-0.25, -0.2) is 4.39 Å². The summed E-state index contributed by atoms with van der Waals surface area (Å²) in [5, 5.41) is 8.87. The second kappa shape index (κ2) is 5.05. The van der Waals surface area contributed by atoms with E-state index in [4.69, 9.17) is 15.6 Å². The largest absolute Gasteiger partial charge is 0.392 e. The lowest BCUT2D eigenvalue weighted by molar-refractivity contribution is 0.179. The van der Waals surface area contributed by atoms with Gasteiger partial charge in [-0.1, -0.05) is 6.07 Å². The summed E-state index contributed by atoms with van der Waals surface area (Å²) < 4.78 is 18.1. The van der Waals surface area contributed by atoms with Crippen LogP contribution >= 0.6 is 0 Å². The molecular formula is C10H14FNO2. The minimum Gasteiger partial charge on any atom is -0.392 e. The first-order valence-corrected chi connectivity index (χ1v) is 4.32. The predicted octanol–water partition coefficient (Wildman–Crippen LogP) is 0.964. The van der Waals surface area contributed by atoms with Crippen LogP contribution in [-0.4, -0.2) is 18.8 Å². The van der Waals surface area contributed by atoms with Crippen LogP contribution in [0.2, 0.25) is 0 Å². The quantitative estimate of drug-likeness (QED) is 0.759. The van der Waals surface area contributed by atoms with E-state index in [-0.39, 0.29) is 19.0 Å². The molecule has 0 fully saturated rings. The maximum atomic E-state index is 13.3.